The molecule has 0 radical (unpaired) electrons. The molecular formula is C16H11ClN2O4S. The normalized spacial score (nSPS) is 16.0. The maximum atomic E-state index is 12.3. The summed E-state index contributed by atoms with van der Waals surface area (Å²) in [5, 5.41) is 2.57. The number of carbonyl (C=O) groups is 3. The fourth-order valence-electron chi connectivity index (χ4n) is 2.05. The van der Waals surface area contributed by atoms with Crippen molar-refractivity contribution in [2.24, 2.45) is 0 Å². The summed E-state index contributed by atoms with van der Waals surface area (Å²) in [6.07, 6.45) is 2.94. The average molecular weight is 363 g/mol. The molecule has 0 aliphatic carbocycles. The third-order valence-corrected chi connectivity index (χ3v) is 4.24. The maximum absolute atomic E-state index is 12.3. The van der Waals surface area contributed by atoms with Gasteiger partial charge in [0.2, 0.25) is 5.91 Å². The van der Waals surface area contributed by atoms with Gasteiger partial charge in [0, 0.05) is 16.8 Å². The molecule has 0 saturated carbocycles. The monoisotopic (exact) mass is 362 g/mol. The number of rotatable bonds is 4. The van der Waals surface area contributed by atoms with Crippen molar-refractivity contribution in [3.63, 3.8) is 0 Å². The number of thioether (sulfide) groups is 1. The fourth-order valence-corrected chi connectivity index (χ4v) is 3.06. The lowest BCUT2D eigenvalue weighted by atomic mass is 10.3. The molecule has 122 valence electrons. The Hall–Kier alpha value is -2.51. The second-order valence-electron chi connectivity index (χ2n) is 4.84. The first-order chi connectivity index (χ1) is 11.5. The second-order valence-corrected chi connectivity index (χ2v) is 6.27. The van der Waals surface area contributed by atoms with E-state index in [1.807, 2.05) is 0 Å². The Morgan fingerprint density at radius 1 is 1.29 bits per heavy atom. The van der Waals surface area contributed by atoms with E-state index >= 15 is 0 Å². The number of benzene rings is 1. The summed E-state index contributed by atoms with van der Waals surface area (Å²) >= 11 is 6.61. The summed E-state index contributed by atoms with van der Waals surface area (Å²) in [5.74, 6) is -0.551. The highest BCUT2D eigenvalue weighted by Gasteiger charge is 2.36. The molecule has 1 aliphatic rings. The van der Waals surface area contributed by atoms with Crippen LogP contribution < -0.4 is 5.32 Å². The minimum Gasteiger partial charge on any atom is -0.465 e. The Morgan fingerprint density at radius 3 is 2.83 bits per heavy atom. The molecule has 0 unspecified atom stereocenters. The van der Waals surface area contributed by atoms with Crippen LogP contribution in [0.1, 0.15) is 5.76 Å². The fraction of sp³-hybridized carbons (Fsp3) is 0.0625. The van der Waals surface area contributed by atoms with Gasteiger partial charge in [-0.25, -0.2) is 0 Å². The number of hydrogen-bond acceptors (Lipinski definition) is 5. The van der Waals surface area contributed by atoms with Gasteiger partial charge < -0.3 is 9.73 Å². The number of imide groups is 1. The lowest BCUT2D eigenvalue weighted by molar-refractivity contribution is -0.127. The van der Waals surface area contributed by atoms with Gasteiger partial charge in [-0.15, -0.1) is 0 Å². The van der Waals surface area contributed by atoms with Crippen LogP contribution in [0.4, 0.5) is 10.5 Å². The Balaban J connectivity index is 1.67. The van der Waals surface area contributed by atoms with Crippen LogP contribution in [-0.4, -0.2) is 28.5 Å². The Kier molecular flexibility index (Phi) is 4.73. The van der Waals surface area contributed by atoms with Crippen molar-refractivity contribution in [1.29, 1.82) is 0 Å². The number of anilines is 1. The van der Waals surface area contributed by atoms with Gasteiger partial charge in [-0.05, 0) is 42.1 Å². The minimum atomic E-state index is -0.525. The molecule has 0 spiro atoms. The van der Waals surface area contributed by atoms with E-state index in [0.29, 0.717) is 16.5 Å². The van der Waals surface area contributed by atoms with E-state index in [4.69, 9.17) is 16.0 Å². The number of nitrogens with zero attached hydrogens (tertiary/aromatic N) is 1. The first-order valence-corrected chi connectivity index (χ1v) is 8.06. The summed E-state index contributed by atoms with van der Waals surface area (Å²) < 4.78 is 5.12. The standard InChI is InChI=1S/C16H11ClN2O4S/c17-10-3-1-4-11(7-10)18-14(20)9-19-15(21)13(24-16(19)22)8-12-5-2-6-23-12/h1-8H,9H2,(H,18,20)/b13-8+. The molecule has 1 saturated heterocycles. The number of halogens is 1. The van der Waals surface area contributed by atoms with Crippen molar-refractivity contribution in [3.8, 4) is 0 Å². The van der Waals surface area contributed by atoms with Crippen LogP contribution in [0.3, 0.4) is 0 Å². The second kappa shape index (κ2) is 6.94. The van der Waals surface area contributed by atoms with Crippen LogP contribution in [0.25, 0.3) is 6.08 Å². The van der Waals surface area contributed by atoms with Crippen molar-refractivity contribution in [2.45, 2.75) is 0 Å². The van der Waals surface area contributed by atoms with E-state index in [9.17, 15) is 14.4 Å². The molecule has 24 heavy (non-hydrogen) atoms. The summed E-state index contributed by atoms with van der Waals surface area (Å²) in [6, 6.07) is 9.93. The van der Waals surface area contributed by atoms with Crippen molar-refractivity contribution in [2.75, 3.05) is 11.9 Å². The quantitative estimate of drug-likeness (QED) is 0.840. The van der Waals surface area contributed by atoms with Crippen molar-refractivity contribution < 1.29 is 18.8 Å². The van der Waals surface area contributed by atoms with Crippen LogP contribution in [-0.2, 0) is 9.59 Å². The summed E-state index contributed by atoms with van der Waals surface area (Å²) in [5.41, 5.74) is 0.491. The number of nitrogens with one attached hydrogen (secondary N) is 1. The predicted octanol–water partition coefficient (Wildman–Crippen LogP) is 3.61. The highest BCUT2D eigenvalue weighted by molar-refractivity contribution is 8.18. The van der Waals surface area contributed by atoms with Gasteiger partial charge >= 0.3 is 0 Å². The topological polar surface area (TPSA) is 79.6 Å². The van der Waals surface area contributed by atoms with Gasteiger partial charge in [0.05, 0.1) is 11.2 Å². The van der Waals surface area contributed by atoms with E-state index in [1.54, 1.807) is 36.4 Å². The Labute approximate surface area is 146 Å². The minimum absolute atomic E-state index is 0.213. The predicted molar refractivity (Wildman–Crippen MR) is 91.5 cm³/mol. The third kappa shape index (κ3) is 3.69. The van der Waals surface area contributed by atoms with Gasteiger partial charge in [-0.3, -0.25) is 19.3 Å². The van der Waals surface area contributed by atoms with Crippen LogP contribution in [0.2, 0.25) is 5.02 Å². The van der Waals surface area contributed by atoms with Gasteiger partial charge in [0.25, 0.3) is 11.1 Å². The largest absolute Gasteiger partial charge is 0.465 e. The molecule has 3 amide bonds. The molecule has 1 fully saturated rings. The van der Waals surface area contributed by atoms with Crippen LogP contribution in [0.15, 0.2) is 52.0 Å². The van der Waals surface area contributed by atoms with E-state index in [1.165, 1.54) is 12.3 Å². The lowest BCUT2D eigenvalue weighted by Gasteiger charge is -2.12. The lowest BCUT2D eigenvalue weighted by Crippen LogP contribution is -2.36. The molecule has 0 atom stereocenters. The van der Waals surface area contributed by atoms with E-state index < -0.39 is 17.1 Å². The van der Waals surface area contributed by atoms with E-state index in [-0.39, 0.29) is 11.4 Å². The van der Waals surface area contributed by atoms with Crippen molar-refractivity contribution in [3.05, 3.63) is 58.3 Å². The van der Waals surface area contributed by atoms with Gasteiger partial charge in [0.15, 0.2) is 0 Å². The molecule has 8 heteroatoms. The molecular weight excluding hydrogens is 352 g/mol. The van der Waals surface area contributed by atoms with Gasteiger partial charge in [-0.2, -0.15) is 0 Å². The van der Waals surface area contributed by atoms with Gasteiger partial charge in [-0.1, -0.05) is 17.7 Å². The molecule has 1 aliphatic heterocycles. The molecule has 6 nitrogen and oxygen atoms in total. The molecule has 3 rings (SSSR count). The SMILES string of the molecule is O=C(CN1C(=O)S/C(=C/c2ccco2)C1=O)Nc1cccc(Cl)c1. The van der Waals surface area contributed by atoms with Crippen LogP contribution in [0, 0.1) is 0 Å². The summed E-state index contributed by atoms with van der Waals surface area (Å²) in [4.78, 5) is 37.4. The number of carbonyl (C=O) groups excluding carboxylic acids is 3. The average Bonchev–Trinajstić information content (AvgIpc) is 3.12. The molecule has 1 aromatic carbocycles. The molecule has 2 aromatic rings. The molecule has 1 N–H and O–H groups in total. The maximum Gasteiger partial charge on any atom is 0.294 e. The first-order valence-electron chi connectivity index (χ1n) is 6.87. The number of hydrogen-bond donors (Lipinski definition) is 1. The van der Waals surface area contributed by atoms with Crippen molar-refractivity contribution in [1.82, 2.24) is 4.90 Å². The van der Waals surface area contributed by atoms with Crippen LogP contribution >= 0.6 is 23.4 Å². The van der Waals surface area contributed by atoms with E-state index in [2.05, 4.69) is 5.32 Å². The summed E-state index contributed by atoms with van der Waals surface area (Å²) in [7, 11) is 0. The summed E-state index contributed by atoms with van der Waals surface area (Å²) in [6.45, 7) is -0.368. The molecule has 2 heterocycles. The smallest absolute Gasteiger partial charge is 0.294 e. The van der Waals surface area contributed by atoms with E-state index in [0.717, 1.165) is 16.7 Å². The highest BCUT2D eigenvalue weighted by Crippen LogP contribution is 2.32. The Bertz CT molecular complexity index is 832. The zero-order valence-electron chi connectivity index (χ0n) is 12.2. The third-order valence-electron chi connectivity index (χ3n) is 3.10. The van der Waals surface area contributed by atoms with Crippen LogP contribution in [0.5, 0.6) is 0 Å². The van der Waals surface area contributed by atoms with Crippen molar-refractivity contribution >= 4 is 52.2 Å². The molecule has 1 aromatic heterocycles. The number of amides is 3. The highest BCUT2D eigenvalue weighted by atomic mass is 35.5. The Morgan fingerprint density at radius 2 is 2.12 bits per heavy atom. The molecule has 0 bridgehead atoms. The zero-order valence-corrected chi connectivity index (χ0v) is 13.8. The number of furan rings is 1. The zero-order chi connectivity index (χ0) is 17.1. The first kappa shape index (κ1) is 16.4. The van der Waals surface area contributed by atoms with Gasteiger partial charge in [0.1, 0.15) is 12.3 Å².